The van der Waals surface area contributed by atoms with Crippen molar-refractivity contribution in [2.75, 3.05) is 18.4 Å². The maximum Gasteiger partial charge on any atom is 0.255 e. The molecule has 0 saturated carbocycles. The molecule has 5 heteroatoms. The molecule has 29 heavy (non-hydrogen) atoms. The first kappa shape index (κ1) is 19.4. The number of carbonyl (C=O) groups is 1. The molecule has 1 fully saturated rings. The SMILES string of the molecule is O=C(Nc1ccc(CN2CCCCCC2)cc1)c1cccc(Cn2ccnc2)c1. The van der Waals surface area contributed by atoms with Gasteiger partial charge in [-0.15, -0.1) is 0 Å². The standard InChI is InChI=1S/C24H28N4O/c29-24(22-7-5-6-21(16-22)18-28-15-12-25-19-28)26-23-10-8-20(9-11-23)17-27-13-3-1-2-4-14-27/h5-12,15-16,19H,1-4,13-14,17-18H2,(H,26,29). The smallest absolute Gasteiger partial charge is 0.255 e. The van der Waals surface area contributed by atoms with Crippen molar-refractivity contribution in [1.82, 2.24) is 14.5 Å². The van der Waals surface area contributed by atoms with E-state index in [1.165, 1.54) is 44.3 Å². The number of imidazole rings is 1. The fourth-order valence-corrected chi connectivity index (χ4v) is 3.85. The number of aromatic nitrogens is 2. The second kappa shape index (κ2) is 9.52. The van der Waals surface area contributed by atoms with E-state index >= 15 is 0 Å². The lowest BCUT2D eigenvalue weighted by atomic mass is 10.1. The Morgan fingerprint density at radius 3 is 2.45 bits per heavy atom. The van der Waals surface area contributed by atoms with Crippen LogP contribution in [0.4, 0.5) is 5.69 Å². The Balaban J connectivity index is 1.35. The lowest BCUT2D eigenvalue weighted by Gasteiger charge is -2.19. The van der Waals surface area contributed by atoms with Crippen LogP contribution in [0.2, 0.25) is 0 Å². The number of anilines is 1. The van der Waals surface area contributed by atoms with Crippen LogP contribution in [0.5, 0.6) is 0 Å². The summed E-state index contributed by atoms with van der Waals surface area (Å²) < 4.78 is 1.99. The fraction of sp³-hybridized carbons (Fsp3) is 0.333. The number of rotatable bonds is 6. The van der Waals surface area contributed by atoms with Gasteiger partial charge in [-0.25, -0.2) is 4.98 Å². The van der Waals surface area contributed by atoms with E-state index in [0.717, 1.165) is 17.8 Å². The molecule has 0 atom stereocenters. The van der Waals surface area contributed by atoms with Crippen LogP contribution in [0.1, 0.15) is 47.2 Å². The highest BCUT2D eigenvalue weighted by molar-refractivity contribution is 6.04. The number of carbonyl (C=O) groups excluding carboxylic acids is 1. The van der Waals surface area contributed by atoms with Crippen LogP contribution in [0, 0.1) is 0 Å². The van der Waals surface area contributed by atoms with Crippen LogP contribution < -0.4 is 5.32 Å². The van der Waals surface area contributed by atoms with Crippen molar-refractivity contribution in [2.24, 2.45) is 0 Å². The van der Waals surface area contributed by atoms with Gasteiger partial charge in [0, 0.05) is 36.7 Å². The van der Waals surface area contributed by atoms with Crippen LogP contribution in [-0.2, 0) is 13.1 Å². The molecule has 3 aromatic rings. The second-order valence-electron chi connectivity index (χ2n) is 7.78. The van der Waals surface area contributed by atoms with Gasteiger partial charge in [0.1, 0.15) is 0 Å². The van der Waals surface area contributed by atoms with E-state index in [9.17, 15) is 4.79 Å². The van der Waals surface area contributed by atoms with Gasteiger partial charge in [-0.05, 0) is 61.3 Å². The summed E-state index contributed by atoms with van der Waals surface area (Å²) in [6.07, 6.45) is 10.8. The molecular weight excluding hydrogens is 360 g/mol. The third-order valence-electron chi connectivity index (χ3n) is 5.43. The van der Waals surface area contributed by atoms with Gasteiger partial charge in [0.15, 0.2) is 0 Å². The van der Waals surface area contributed by atoms with Gasteiger partial charge in [-0.3, -0.25) is 9.69 Å². The van der Waals surface area contributed by atoms with E-state index in [1.54, 1.807) is 12.5 Å². The largest absolute Gasteiger partial charge is 0.333 e. The van der Waals surface area contributed by atoms with Crippen LogP contribution in [0.25, 0.3) is 0 Å². The van der Waals surface area contributed by atoms with Gasteiger partial charge in [0.2, 0.25) is 0 Å². The molecule has 5 nitrogen and oxygen atoms in total. The number of amides is 1. The third-order valence-corrected chi connectivity index (χ3v) is 5.43. The minimum Gasteiger partial charge on any atom is -0.333 e. The van der Waals surface area contributed by atoms with Crippen LogP contribution in [0.3, 0.4) is 0 Å². The van der Waals surface area contributed by atoms with Gasteiger partial charge in [-0.1, -0.05) is 37.1 Å². The van der Waals surface area contributed by atoms with Crippen LogP contribution >= 0.6 is 0 Å². The first-order chi connectivity index (χ1) is 14.3. The number of hydrogen-bond acceptors (Lipinski definition) is 3. The normalized spacial score (nSPS) is 15.0. The van der Waals surface area contributed by atoms with Gasteiger partial charge >= 0.3 is 0 Å². The lowest BCUT2D eigenvalue weighted by Crippen LogP contribution is -2.23. The minimum atomic E-state index is -0.0854. The predicted molar refractivity (Wildman–Crippen MR) is 116 cm³/mol. The third kappa shape index (κ3) is 5.55. The highest BCUT2D eigenvalue weighted by Gasteiger charge is 2.10. The summed E-state index contributed by atoms with van der Waals surface area (Å²) in [5.74, 6) is -0.0854. The second-order valence-corrected chi connectivity index (χ2v) is 7.78. The van der Waals surface area contributed by atoms with E-state index in [2.05, 4.69) is 27.3 Å². The molecule has 2 aromatic carbocycles. The van der Waals surface area contributed by atoms with Crippen LogP contribution in [-0.4, -0.2) is 33.4 Å². The topological polar surface area (TPSA) is 50.2 Å². The average molecular weight is 389 g/mol. The highest BCUT2D eigenvalue weighted by Crippen LogP contribution is 2.16. The van der Waals surface area contributed by atoms with Crippen molar-refractivity contribution >= 4 is 11.6 Å². The zero-order valence-electron chi connectivity index (χ0n) is 16.8. The summed E-state index contributed by atoms with van der Waals surface area (Å²) in [6.45, 7) is 4.07. The summed E-state index contributed by atoms with van der Waals surface area (Å²) in [7, 11) is 0. The van der Waals surface area contributed by atoms with Gasteiger partial charge in [0.25, 0.3) is 5.91 Å². The summed E-state index contributed by atoms with van der Waals surface area (Å²) in [5.41, 5.74) is 3.86. The molecule has 1 N–H and O–H groups in total. The molecule has 2 heterocycles. The Morgan fingerprint density at radius 2 is 1.72 bits per heavy atom. The summed E-state index contributed by atoms with van der Waals surface area (Å²) in [5, 5.41) is 3.01. The molecule has 4 rings (SSSR count). The van der Waals surface area contributed by atoms with E-state index in [4.69, 9.17) is 0 Å². The van der Waals surface area contributed by atoms with E-state index in [0.29, 0.717) is 12.1 Å². The molecule has 1 amide bonds. The number of nitrogens with zero attached hydrogens (tertiary/aromatic N) is 3. The van der Waals surface area contributed by atoms with Crippen molar-refractivity contribution in [3.8, 4) is 0 Å². The van der Waals surface area contributed by atoms with E-state index in [-0.39, 0.29) is 5.91 Å². The molecule has 0 bridgehead atoms. The summed E-state index contributed by atoms with van der Waals surface area (Å²) >= 11 is 0. The predicted octanol–water partition coefficient (Wildman–Crippen LogP) is 4.56. The van der Waals surface area contributed by atoms with E-state index in [1.807, 2.05) is 47.2 Å². The number of likely N-dealkylation sites (tertiary alicyclic amines) is 1. The molecule has 150 valence electrons. The Labute approximate surface area is 172 Å². The zero-order valence-corrected chi connectivity index (χ0v) is 16.8. The van der Waals surface area contributed by atoms with Gasteiger partial charge in [-0.2, -0.15) is 0 Å². The summed E-state index contributed by atoms with van der Waals surface area (Å²) in [4.78, 5) is 19.3. The molecule has 0 aliphatic carbocycles. The van der Waals surface area contributed by atoms with E-state index < -0.39 is 0 Å². The Hall–Kier alpha value is -2.92. The molecular formula is C24H28N4O. The number of nitrogens with one attached hydrogen (secondary N) is 1. The van der Waals surface area contributed by atoms with Crippen molar-refractivity contribution in [1.29, 1.82) is 0 Å². The quantitative estimate of drug-likeness (QED) is 0.673. The maximum absolute atomic E-state index is 12.7. The average Bonchev–Trinajstić information content (AvgIpc) is 3.11. The molecule has 1 aliphatic rings. The monoisotopic (exact) mass is 388 g/mol. The molecule has 0 unspecified atom stereocenters. The molecule has 1 aliphatic heterocycles. The zero-order chi connectivity index (χ0) is 19.9. The Kier molecular flexibility index (Phi) is 6.37. The molecule has 1 saturated heterocycles. The Bertz CT molecular complexity index is 910. The molecule has 0 spiro atoms. The first-order valence-electron chi connectivity index (χ1n) is 10.4. The molecule has 0 radical (unpaired) electrons. The maximum atomic E-state index is 12.7. The van der Waals surface area contributed by atoms with Crippen molar-refractivity contribution in [3.05, 3.63) is 83.9 Å². The van der Waals surface area contributed by atoms with Crippen molar-refractivity contribution < 1.29 is 4.79 Å². The first-order valence-corrected chi connectivity index (χ1v) is 10.4. The Morgan fingerprint density at radius 1 is 0.931 bits per heavy atom. The molecule has 1 aromatic heterocycles. The number of hydrogen-bond donors (Lipinski definition) is 1. The fourth-order valence-electron chi connectivity index (χ4n) is 3.85. The van der Waals surface area contributed by atoms with Crippen molar-refractivity contribution in [3.63, 3.8) is 0 Å². The number of benzene rings is 2. The summed E-state index contributed by atoms with van der Waals surface area (Å²) in [6, 6.07) is 16.0. The minimum absolute atomic E-state index is 0.0854. The van der Waals surface area contributed by atoms with Gasteiger partial charge < -0.3 is 9.88 Å². The van der Waals surface area contributed by atoms with Gasteiger partial charge in [0.05, 0.1) is 6.33 Å². The lowest BCUT2D eigenvalue weighted by molar-refractivity contribution is 0.102. The van der Waals surface area contributed by atoms with Crippen molar-refractivity contribution in [2.45, 2.75) is 38.8 Å². The highest BCUT2D eigenvalue weighted by atomic mass is 16.1. The van der Waals surface area contributed by atoms with Crippen LogP contribution in [0.15, 0.2) is 67.3 Å².